The maximum Gasteiger partial charge on any atom is 0.416 e. The number of terminal acetylenes is 1. The second kappa shape index (κ2) is 5.94. The van der Waals surface area contributed by atoms with Gasteiger partial charge in [0.05, 0.1) is 22.3 Å². The molecule has 0 aliphatic heterocycles. The molecule has 1 N–H and O–H groups in total. The second-order valence-corrected chi connectivity index (χ2v) is 5.56. The summed E-state index contributed by atoms with van der Waals surface area (Å²) in [5.74, 6) is 3.88. The van der Waals surface area contributed by atoms with Crippen LogP contribution in [0.4, 0.5) is 13.2 Å². The van der Waals surface area contributed by atoms with Gasteiger partial charge in [-0.3, -0.25) is 0 Å². The van der Waals surface area contributed by atoms with E-state index in [1.807, 2.05) is 0 Å². The van der Waals surface area contributed by atoms with Gasteiger partial charge >= 0.3 is 6.18 Å². The van der Waals surface area contributed by atoms with Gasteiger partial charge in [0.1, 0.15) is 0 Å². The number of fused-ring (bicyclic) bond motifs is 1. The van der Waals surface area contributed by atoms with Crippen LogP contribution < -0.4 is 0 Å². The number of thioether (sulfide) groups is 1. The van der Waals surface area contributed by atoms with Gasteiger partial charge < -0.3 is 9.55 Å². The Bertz CT molecular complexity index is 707. The van der Waals surface area contributed by atoms with Gasteiger partial charge in [-0.15, -0.1) is 18.2 Å². The predicted molar refractivity (Wildman–Crippen MR) is 78.3 cm³/mol. The van der Waals surface area contributed by atoms with Crippen LogP contribution in [0.5, 0.6) is 0 Å². The van der Waals surface area contributed by atoms with Gasteiger partial charge in [0, 0.05) is 12.3 Å². The maximum atomic E-state index is 12.6. The van der Waals surface area contributed by atoms with Crippen molar-refractivity contribution in [3.8, 4) is 12.3 Å². The Kier molecular flexibility index (Phi) is 4.45. The van der Waals surface area contributed by atoms with Crippen molar-refractivity contribution in [2.24, 2.45) is 0 Å². The highest BCUT2D eigenvalue weighted by molar-refractivity contribution is 7.99. The highest BCUT2D eigenvalue weighted by atomic mass is 32.2. The molecule has 0 aliphatic carbocycles. The first-order chi connectivity index (χ1) is 9.43. The van der Waals surface area contributed by atoms with Gasteiger partial charge in [-0.25, -0.2) is 0 Å². The molecule has 7 heteroatoms. The number of nitrogens with zero attached hydrogens (tertiary/aromatic N) is 1. The van der Waals surface area contributed by atoms with Gasteiger partial charge in [0.25, 0.3) is 0 Å². The molecule has 0 radical (unpaired) electrons. The molecule has 2 nitrogen and oxygen atoms in total. The number of aromatic nitrogens is 2. The molecule has 2 aromatic rings. The molecule has 20 heavy (non-hydrogen) atoms. The molecule has 2 rings (SSSR count). The standard InChI is InChI=1S/C13H11F3N2S2/c1-2-6-20-7-5-18-11-4-3-9(13(14,15)16)8-10(11)17-12(18)19/h1,3-4,8H,5-7H2,(H,17,19). The van der Waals surface area contributed by atoms with Gasteiger partial charge in [-0.05, 0) is 30.4 Å². The summed E-state index contributed by atoms with van der Waals surface area (Å²) >= 11 is 6.72. The molecule has 106 valence electrons. The lowest BCUT2D eigenvalue weighted by molar-refractivity contribution is -0.137. The van der Waals surface area contributed by atoms with Gasteiger partial charge in [-0.2, -0.15) is 13.2 Å². The highest BCUT2D eigenvalue weighted by Crippen LogP contribution is 2.31. The third kappa shape index (κ3) is 3.19. The van der Waals surface area contributed by atoms with E-state index in [0.717, 1.165) is 17.9 Å². The van der Waals surface area contributed by atoms with Crippen molar-refractivity contribution in [3.05, 3.63) is 28.5 Å². The lowest BCUT2D eigenvalue weighted by atomic mass is 10.2. The molecule has 0 saturated carbocycles. The quantitative estimate of drug-likeness (QED) is 0.521. The average molecular weight is 316 g/mol. The lowest BCUT2D eigenvalue weighted by Gasteiger charge is -2.07. The number of rotatable bonds is 4. The molecule has 0 bridgehead atoms. The first kappa shape index (κ1) is 15.0. The minimum atomic E-state index is -4.35. The van der Waals surface area contributed by atoms with Crippen LogP contribution in [0.2, 0.25) is 0 Å². The molecule has 0 unspecified atom stereocenters. The Morgan fingerprint density at radius 3 is 2.80 bits per heavy atom. The van der Waals surface area contributed by atoms with Crippen molar-refractivity contribution in [3.63, 3.8) is 0 Å². The number of aryl methyl sites for hydroxylation is 1. The number of nitrogens with one attached hydrogen (secondary N) is 1. The second-order valence-electron chi connectivity index (χ2n) is 4.07. The lowest BCUT2D eigenvalue weighted by Crippen LogP contribution is -2.05. The van der Waals surface area contributed by atoms with Crippen molar-refractivity contribution in [2.75, 3.05) is 11.5 Å². The Hall–Kier alpha value is -1.39. The van der Waals surface area contributed by atoms with Crippen molar-refractivity contribution in [1.82, 2.24) is 9.55 Å². The fourth-order valence-corrected chi connectivity index (χ4v) is 2.72. The van der Waals surface area contributed by atoms with Crippen molar-refractivity contribution in [1.29, 1.82) is 0 Å². The van der Waals surface area contributed by atoms with E-state index < -0.39 is 11.7 Å². The Balaban J connectivity index is 2.31. The minimum Gasteiger partial charge on any atom is -0.331 e. The summed E-state index contributed by atoms with van der Waals surface area (Å²) in [5, 5.41) is 0. The summed E-state index contributed by atoms with van der Waals surface area (Å²) in [6.45, 7) is 0.608. The Morgan fingerprint density at radius 2 is 2.15 bits per heavy atom. The normalized spacial score (nSPS) is 11.7. The van der Waals surface area contributed by atoms with E-state index in [-0.39, 0.29) is 0 Å². The van der Waals surface area contributed by atoms with E-state index in [1.165, 1.54) is 6.07 Å². The fraction of sp³-hybridized carbons (Fsp3) is 0.308. The predicted octanol–water partition coefficient (Wildman–Crippen LogP) is 4.08. The molecule has 1 aromatic heterocycles. The summed E-state index contributed by atoms with van der Waals surface area (Å²) in [6, 6.07) is 3.59. The van der Waals surface area contributed by atoms with Crippen LogP contribution in [0, 0.1) is 17.1 Å². The number of halogens is 3. The highest BCUT2D eigenvalue weighted by Gasteiger charge is 2.30. The van der Waals surface area contributed by atoms with Gasteiger partial charge in [0.15, 0.2) is 4.77 Å². The number of alkyl halides is 3. The minimum absolute atomic E-state index is 0.395. The third-order valence-corrected chi connectivity index (χ3v) is 3.91. The number of hydrogen-bond acceptors (Lipinski definition) is 2. The molecule has 0 atom stereocenters. The summed E-state index contributed by atoms with van der Waals surface area (Å²) in [6.07, 6.45) is 0.802. The molecule has 0 saturated heterocycles. The van der Waals surface area contributed by atoms with E-state index >= 15 is 0 Å². The summed E-state index contributed by atoms with van der Waals surface area (Å²) in [4.78, 5) is 2.81. The van der Waals surface area contributed by atoms with Crippen LogP contribution in [-0.4, -0.2) is 21.1 Å². The molecule has 1 heterocycles. The number of hydrogen-bond donors (Lipinski definition) is 1. The topological polar surface area (TPSA) is 20.7 Å². The monoisotopic (exact) mass is 316 g/mol. The van der Waals surface area contributed by atoms with E-state index in [9.17, 15) is 13.2 Å². The zero-order valence-electron chi connectivity index (χ0n) is 10.3. The fourth-order valence-electron chi connectivity index (χ4n) is 1.85. The molecule has 0 spiro atoms. The molecule has 0 amide bonds. The third-order valence-electron chi connectivity index (χ3n) is 2.75. The maximum absolute atomic E-state index is 12.6. The van der Waals surface area contributed by atoms with Crippen molar-refractivity contribution >= 4 is 35.0 Å². The Morgan fingerprint density at radius 1 is 1.40 bits per heavy atom. The smallest absolute Gasteiger partial charge is 0.331 e. The largest absolute Gasteiger partial charge is 0.416 e. The SMILES string of the molecule is C#CCSCCn1c(=S)[nH]c2cc(C(F)(F)F)ccc21. The van der Waals surface area contributed by atoms with Crippen LogP contribution in [-0.2, 0) is 12.7 Å². The average Bonchev–Trinajstić information content (AvgIpc) is 2.69. The number of H-pyrrole nitrogens is 1. The van der Waals surface area contributed by atoms with Crippen LogP contribution >= 0.6 is 24.0 Å². The molecule has 0 aliphatic rings. The summed E-state index contributed by atoms with van der Waals surface area (Å²) < 4.78 is 40.1. The van der Waals surface area contributed by atoms with E-state index in [1.54, 1.807) is 16.3 Å². The van der Waals surface area contributed by atoms with E-state index in [0.29, 0.717) is 28.1 Å². The van der Waals surface area contributed by atoms with Crippen LogP contribution in [0.3, 0.4) is 0 Å². The first-order valence-corrected chi connectivity index (χ1v) is 7.31. The summed E-state index contributed by atoms with van der Waals surface area (Å²) in [5.41, 5.74) is 0.381. The van der Waals surface area contributed by atoms with Crippen molar-refractivity contribution in [2.45, 2.75) is 12.7 Å². The summed E-state index contributed by atoms with van der Waals surface area (Å²) in [7, 11) is 0. The zero-order valence-corrected chi connectivity index (χ0v) is 12.0. The van der Waals surface area contributed by atoms with Crippen LogP contribution in [0.1, 0.15) is 5.56 Å². The van der Waals surface area contributed by atoms with Crippen molar-refractivity contribution < 1.29 is 13.2 Å². The molecular formula is C13H11F3N2S2. The zero-order chi connectivity index (χ0) is 14.8. The number of aromatic amines is 1. The molecule has 1 aromatic carbocycles. The van der Waals surface area contributed by atoms with Crippen LogP contribution in [0.25, 0.3) is 11.0 Å². The molecule has 0 fully saturated rings. The number of benzene rings is 1. The van der Waals surface area contributed by atoms with Gasteiger partial charge in [0.2, 0.25) is 0 Å². The molecular weight excluding hydrogens is 305 g/mol. The number of imidazole rings is 1. The van der Waals surface area contributed by atoms with E-state index in [2.05, 4.69) is 10.9 Å². The first-order valence-electron chi connectivity index (χ1n) is 5.74. The van der Waals surface area contributed by atoms with Crippen LogP contribution in [0.15, 0.2) is 18.2 Å². The van der Waals surface area contributed by atoms with Gasteiger partial charge in [-0.1, -0.05) is 5.92 Å². The van der Waals surface area contributed by atoms with E-state index in [4.69, 9.17) is 18.6 Å². The Labute approximate surface area is 123 Å².